The average molecular weight is 187 g/mol. The normalized spacial score (nSPS) is 9.83. The maximum Gasteiger partial charge on any atom is 0.296 e. The fourth-order valence-electron chi connectivity index (χ4n) is 0.939. The minimum absolute atomic E-state index is 0.109. The van der Waals surface area contributed by atoms with E-state index in [1.807, 2.05) is 0 Å². The van der Waals surface area contributed by atoms with Gasteiger partial charge < -0.3 is 5.73 Å². The Kier molecular flexibility index (Phi) is 2.19. The molecule has 1 rings (SSSR count). The summed E-state index contributed by atoms with van der Waals surface area (Å²) in [6.07, 6.45) is 0. The Bertz CT molecular complexity index is 338. The molecule has 5 heteroatoms. The Labute approximate surface area is 74.1 Å². The van der Waals surface area contributed by atoms with Gasteiger partial charge in [-0.15, -0.1) is 0 Å². The summed E-state index contributed by atoms with van der Waals surface area (Å²) in [4.78, 5) is 9.93. The Hall–Kier alpha value is -1.29. The topological polar surface area (TPSA) is 69.2 Å². The Balaban J connectivity index is 3.43. The minimum atomic E-state index is -0.531. The van der Waals surface area contributed by atoms with Gasteiger partial charge in [0.25, 0.3) is 5.69 Å². The summed E-state index contributed by atoms with van der Waals surface area (Å²) in [6.45, 7) is 1.57. The van der Waals surface area contributed by atoms with E-state index in [1.165, 1.54) is 6.07 Å². The molecule has 0 saturated heterocycles. The third-order valence-corrected chi connectivity index (χ3v) is 1.99. The summed E-state index contributed by atoms with van der Waals surface area (Å²) in [5.74, 6) is 0. The summed E-state index contributed by atoms with van der Waals surface area (Å²) in [6, 6.07) is 2.96. The van der Waals surface area contributed by atoms with Crippen molar-refractivity contribution in [1.29, 1.82) is 0 Å². The molecule has 0 fully saturated rings. The van der Waals surface area contributed by atoms with E-state index in [0.717, 1.165) is 0 Å². The van der Waals surface area contributed by atoms with Gasteiger partial charge in [-0.2, -0.15) is 0 Å². The van der Waals surface area contributed by atoms with Crippen molar-refractivity contribution in [2.24, 2.45) is 0 Å². The molecular formula is C7H7ClN2O2. The number of nitro groups is 1. The Morgan fingerprint density at radius 1 is 1.58 bits per heavy atom. The van der Waals surface area contributed by atoms with Gasteiger partial charge in [-0.25, -0.2) is 0 Å². The molecule has 1 aromatic carbocycles. The number of halogens is 1. The molecule has 64 valence electrons. The van der Waals surface area contributed by atoms with Crippen molar-refractivity contribution in [3.8, 4) is 0 Å². The van der Waals surface area contributed by atoms with Gasteiger partial charge in [-0.1, -0.05) is 11.6 Å². The quantitative estimate of drug-likeness (QED) is 0.415. The fraction of sp³-hybridized carbons (Fsp3) is 0.143. The van der Waals surface area contributed by atoms with E-state index in [2.05, 4.69) is 0 Å². The largest absolute Gasteiger partial charge is 0.393 e. The molecule has 0 spiro atoms. The number of nitrogens with zero attached hydrogens (tertiary/aromatic N) is 1. The third-order valence-electron chi connectivity index (χ3n) is 1.58. The predicted molar refractivity (Wildman–Crippen MR) is 47.3 cm³/mol. The van der Waals surface area contributed by atoms with E-state index in [-0.39, 0.29) is 11.4 Å². The van der Waals surface area contributed by atoms with Gasteiger partial charge in [0.2, 0.25) is 0 Å². The first-order valence-corrected chi connectivity index (χ1v) is 3.61. The lowest BCUT2D eigenvalue weighted by atomic mass is 10.2. The van der Waals surface area contributed by atoms with Crippen LogP contribution in [0, 0.1) is 17.0 Å². The number of anilines is 1. The maximum atomic E-state index is 10.5. The number of nitrogens with two attached hydrogens (primary N) is 1. The number of nitrogen functional groups attached to an aromatic ring is 1. The molecule has 0 amide bonds. The molecule has 0 radical (unpaired) electrons. The fourth-order valence-corrected chi connectivity index (χ4v) is 1.09. The van der Waals surface area contributed by atoms with Crippen LogP contribution in [0.1, 0.15) is 5.56 Å². The highest BCUT2D eigenvalue weighted by atomic mass is 35.5. The van der Waals surface area contributed by atoms with Crippen molar-refractivity contribution < 1.29 is 4.92 Å². The molecule has 0 aromatic heterocycles. The zero-order valence-electron chi connectivity index (χ0n) is 6.37. The van der Waals surface area contributed by atoms with E-state index >= 15 is 0 Å². The van der Waals surface area contributed by atoms with Gasteiger partial charge in [0.05, 0.1) is 9.95 Å². The van der Waals surface area contributed by atoms with Crippen LogP contribution in [0.3, 0.4) is 0 Å². The summed E-state index contributed by atoms with van der Waals surface area (Å²) in [5, 5.41) is 10.8. The summed E-state index contributed by atoms with van der Waals surface area (Å²) < 4.78 is 0. The number of rotatable bonds is 1. The Morgan fingerprint density at radius 3 is 2.58 bits per heavy atom. The van der Waals surface area contributed by atoms with Gasteiger partial charge in [0, 0.05) is 5.56 Å². The van der Waals surface area contributed by atoms with Crippen LogP contribution in [0.2, 0.25) is 5.02 Å². The molecule has 2 N–H and O–H groups in total. The highest BCUT2D eigenvalue weighted by Crippen LogP contribution is 2.30. The number of hydrogen-bond acceptors (Lipinski definition) is 3. The second kappa shape index (κ2) is 2.98. The van der Waals surface area contributed by atoms with E-state index in [9.17, 15) is 10.1 Å². The predicted octanol–water partition coefficient (Wildman–Crippen LogP) is 2.14. The monoisotopic (exact) mass is 186 g/mol. The maximum absolute atomic E-state index is 10.5. The minimum Gasteiger partial charge on any atom is -0.393 e. The molecule has 0 atom stereocenters. The SMILES string of the molecule is Cc1c(Cl)ccc(N)c1[N+](=O)[O-]. The number of nitro benzene ring substituents is 1. The number of benzene rings is 1. The van der Waals surface area contributed by atoms with Crippen molar-refractivity contribution >= 4 is 23.0 Å². The molecule has 0 aliphatic carbocycles. The van der Waals surface area contributed by atoms with Crippen molar-refractivity contribution in [2.75, 3.05) is 5.73 Å². The van der Waals surface area contributed by atoms with Crippen molar-refractivity contribution in [3.63, 3.8) is 0 Å². The van der Waals surface area contributed by atoms with Crippen LogP contribution in [0.25, 0.3) is 0 Å². The smallest absolute Gasteiger partial charge is 0.296 e. The van der Waals surface area contributed by atoms with Crippen LogP contribution < -0.4 is 5.73 Å². The third kappa shape index (κ3) is 1.33. The van der Waals surface area contributed by atoms with E-state index in [1.54, 1.807) is 13.0 Å². The van der Waals surface area contributed by atoms with Gasteiger partial charge in [0.15, 0.2) is 0 Å². The van der Waals surface area contributed by atoms with E-state index in [0.29, 0.717) is 10.6 Å². The van der Waals surface area contributed by atoms with Crippen LogP contribution in [0.15, 0.2) is 12.1 Å². The van der Waals surface area contributed by atoms with Crippen LogP contribution in [-0.4, -0.2) is 4.92 Å². The highest BCUT2D eigenvalue weighted by molar-refractivity contribution is 6.31. The zero-order chi connectivity index (χ0) is 9.30. The van der Waals surface area contributed by atoms with Crippen molar-refractivity contribution in [2.45, 2.75) is 6.92 Å². The molecule has 0 bridgehead atoms. The van der Waals surface area contributed by atoms with Crippen LogP contribution in [0.4, 0.5) is 11.4 Å². The summed E-state index contributed by atoms with van der Waals surface area (Å²) in [5.41, 5.74) is 5.83. The molecule has 1 aromatic rings. The van der Waals surface area contributed by atoms with Gasteiger partial charge >= 0.3 is 0 Å². The molecule has 0 saturated carbocycles. The van der Waals surface area contributed by atoms with Gasteiger partial charge in [-0.3, -0.25) is 10.1 Å². The zero-order valence-corrected chi connectivity index (χ0v) is 7.13. The lowest BCUT2D eigenvalue weighted by molar-refractivity contribution is -0.384. The van der Waals surface area contributed by atoms with Gasteiger partial charge in [0.1, 0.15) is 5.69 Å². The lowest BCUT2D eigenvalue weighted by Gasteiger charge is -2.01. The molecule has 0 unspecified atom stereocenters. The highest BCUT2D eigenvalue weighted by Gasteiger charge is 2.16. The summed E-state index contributed by atoms with van der Waals surface area (Å²) >= 11 is 5.67. The first-order chi connectivity index (χ1) is 5.54. The molecule has 4 nitrogen and oxygen atoms in total. The first kappa shape index (κ1) is 8.80. The van der Waals surface area contributed by atoms with Gasteiger partial charge in [-0.05, 0) is 19.1 Å². The lowest BCUT2D eigenvalue weighted by Crippen LogP contribution is -1.98. The summed E-state index contributed by atoms with van der Waals surface area (Å²) in [7, 11) is 0. The second-order valence-electron chi connectivity index (χ2n) is 2.37. The average Bonchev–Trinajstić information content (AvgIpc) is 1.97. The number of hydrogen-bond donors (Lipinski definition) is 1. The van der Waals surface area contributed by atoms with Crippen LogP contribution in [-0.2, 0) is 0 Å². The first-order valence-electron chi connectivity index (χ1n) is 3.23. The van der Waals surface area contributed by atoms with Crippen molar-refractivity contribution in [1.82, 2.24) is 0 Å². The van der Waals surface area contributed by atoms with Crippen LogP contribution in [0.5, 0.6) is 0 Å². The van der Waals surface area contributed by atoms with Crippen LogP contribution >= 0.6 is 11.6 Å². The molecule has 0 heterocycles. The van der Waals surface area contributed by atoms with E-state index in [4.69, 9.17) is 17.3 Å². The standard InChI is InChI=1S/C7H7ClN2O2/c1-4-5(8)2-3-6(9)7(4)10(11)12/h2-3H,9H2,1H3. The molecule has 0 aliphatic rings. The van der Waals surface area contributed by atoms with E-state index < -0.39 is 4.92 Å². The molecular weight excluding hydrogens is 180 g/mol. The van der Waals surface area contributed by atoms with Crippen molar-refractivity contribution in [3.05, 3.63) is 32.8 Å². The molecule has 0 aliphatic heterocycles. The second-order valence-corrected chi connectivity index (χ2v) is 2.77. The Morgan fingerprint density at radius 2 is 2.17 bits per heavy atom. The molecule has 12 heavy (non-hydrogen) atoms.